The summed E-state index contributed by atoms with van der Waals surface area (Å²) >= 11 is 1.66. The van der Waals surface area contributed by atoms with Crippen molar-refractivity contribution in [3.8, 4) is 0 Å². The molecule has 0 unspecified atom stereocenters. The Hall–Kier alpha value is -0.830. The maximum absolute atomic E-state index is 12.1. The first-order valence-electron chi connectivity index (χ1n) is 7.28. The van der Waals surface area contributed by atoms with E-state index in [1.807, 2.05) is 17.5 Å². The van der Waals surface area contributed by atoms with E-state index < -0.39 is 0 Å². The van der Waals surface area contributed by atoms with Crippen molar-refractivity contribution in [3.63, 3.8) is 0 Å². The second-order valence-corrected chi connectivity index (χ2v) is 7.72. The van der Waals surface area contributed by atoms with Crippen LogP contribution < -0.4 is 5.32 Å². The molecule has 2 atom stereocenters. The van der Waals surface area contributed by atoms with E-state index in [0.717, 1.165) is 11.3 Å². The van der Waals surface area contributed by atoms with Crippen LogP contribution >= 0.6 is 11.3 Å². The number of thiophene rings is 1. The van der Waals surface area contributed by atoms with Crippen molar-refractivity contribution in [2.75, 3.05) is 0 Å². The Labute approximate surface area is 120 Å². The molecule has 19 heavy (non-hydrogen) atoms. The zero-order chi connectivity index (χ0) is 13.9. The molecule has 1 aromatic heterocycles. The maximum Gasteiger partial charge on any atom is 0.225 e. The molecule has 1 saturated carbocycles. The fraction of sp³-hybridized carbons (Fsp3) is 0.688. The highest BCUT2D eigenvalue weighted by molar-refractivity contribution is 7.10. The molecule has 1 aliphatic rings. The zero-order valence-corrected chi connectivity index (χ0v) is 13.1. The number of hydrogen-bond acceptors (Lipinski definition) is 2. The summed E-state index contributed by atoms with van der Waals surface area (Å²) in [4.78, 5) is 13.3. The number of carbonyl (C=O) groups excluding carboxylic acids is 1. The van der Waals surface area contributed by atoms with Crippen LogP contribution in [0.3, 0.4) is 0 Å². The van der Waals surface area contributed by atoms with Gasteiger partial charge < -0.3 is 5.32 Å². The molecule has 0 bridgehead atoms. The highest BCUT2D eigenvalue weighted by Gasteiger charge is 2.34. The van der Waals surface area contributed by atoms with Crippen LogP contribution in [-0.4, -0.2) is 11.9 Å². The Morgan fingerprint density at radius 1 is 1.37 bits per heavy atom. The number of nitrogens with one attached hydrogen (secondary N) is 1. The van der Waals surface area contributed by atoms with Crippen molar-refractivity contribution in [2.24, 2.45) is 11.3 Å². The molecular formula is C16H25NOS. The highest BCUT2D eigenvalue weighted by atomic mass is 32.1. The van der Waals surface area contributed by atoms with Crippen LogP contribution in [0.5, 0.6) is 0 Å². The van der Waals surface area contributed by atoms with E-state index in [2.05, 4.69) is 26.1 Å². The van der Waals surface area contributed by atoms with E-state index in [1.54, 1.807) is 11.3 Å². The average molecular weight is 279 g/mol. The van der Waals surface area contributed by atoms with Crippen LogP contribution in [0.4, 0.5) is 0 Å². The van der Waals surface area contributed by atoms with Crippen molar-refractivity contribution in [3.05, 3.63) is 22.4 Å². The van der Waals surface area contributed by atoms with Crippen LogP contribution in [0.15, 0.2) is 17.5 Å². The van der Waals surface area contributed by atoms with Crippen LogP contribution in [0, 0.1) is 11.3 Å². The van der Waals surface area contributed by atoms with Gasteiger partial charge in [-0.3, -0.25) is 4.79 Å². The largest absolute Gasteiger partial charge is 0.353 e. The number of carbonyl (C=O) groups is 1. The normalized spacial score (nSPS) is 24.2. The molecular weight excluding hydrogens is 254 g/mol. The van der Waals surface area contributed by atoms with E-state index in [-0.39, 0.29) is 11.3 Å². The van der Waals surface area contributed by atoms with Crippen LogP contribution in [0.2, 0.25) is 0 Å². The first kappa shape index (κ1) is 14.6. The van der Waals surface area contributed by atoms with Gasteiger partial charge in [0.25, 0.3) is 0 Å². The lowest BCUT2D eigenvalue weighted by Gasteiger charge is -2.40. The van der Waals surface area contributed by atoms with Gasteiger partial charge in [-0.2, -0.15) is 0 Å². The van der Waals surface area contributed by atoms with Crippen molar-refractivity contribution in [2.45, 2.75) is 58.9 Å². The topological polar surface area (TPSA) is 29.1 Å². The third-order valence-electron chi connectivity index (χ3n) is 4.14. The molecule has 1 amide bonds. The van der Waals surface area contributed by atoms with Gasteiger partial charge in [-0.1, -0.05) is 39.7 Å². The van der Waals surface area contributed by atoms with Gasteiger partial charge in [-0.15, -0.1) is 11.3 Å². The van der Waals surface area contributed by atoms with Gasteiger partial charge in [0.05, 0.1) is 6.42 Å². The molecule has 0 saturated heterocycles. The summed E-state index contributed by atoms with van der Waals surface area (Å²) in [6, 6.07) is 4.40. The van der Waals surface area contributed by atoms with Crippen molar-refractivity contribution >= 4 is 17.2 Å². The SMILES string of the molecule is CC(C)(C)[C@@H]1CCCC[C@H]1NC(=O)Cc1cccs1. The molecule has 1 heterocycles. The molecule has 0 aliphatic heterocycles. The Bertz CT molecular complexity index is 405. The summed E-state index contributed by atoms with van der Waals surface area (Å²) < 4.78 is 0. The van der Waals surface area contributed by atoms with Gasteiger partial charge in [-0.05, 0) is 35.6 Å². The monoisotopic (exact) mass is 279 g/mol. The average Bonchev–Trinajstić information content (AvgIpc) is 2.81. The molecule has 1 N–H and O–H groups in total. The zero-order valence-electron chi connectivity index (χ0n) is 12.2. The van der Waals surface area contributed by atoms with Crippen LogP contribution in [0.25, 0.3) is 0 Å². The van der Waals surface area contributed by atoms with Gasteiger partial charge in [0.15, 0.2) is 0 Å². The minimum absolute atomic E-state index is 0.184. The second kappa shape index (κ2) is 6.08. The lowest BCUT2D eigenvalue weighted by molar-refractivity contribution is -0.122. The first-order chi connectivity index (χ1) is 8.97. The maximum atomic E-state index is 12.1. The van der Waals surface area contributed by atoms with Crippen molar-refractivity contribution in [1.82, 2.24) is 5.32 Å². The molecule has 3 heteroatoms. The van der Waals surface area contributed by atoms with Crippen molar-refractivity contribution in [1.29, 1.82) is 0 Å². The lowest BCUT2D eigenvalue weighted by Crippen LogP contribution is -2.47. The summed E-state index contributed by atoms with van der Waals surface area (Å²) in [5.74, 6) is 0.789. The molecule has 2 rings (SSSR count). The van der Waals surface area contributed by atoms with E-state index in [0.29, 0.717) is 18.4 Å². The molecule has 0 spiro atoms. The fourth-order valence-electron chi connectivity index (χ4n) is 3.17. The van der Waals surface area contributed by atoms with Gasteiger partial charge in [0.1, 0.15) is 0 Å². The standard InChI is InChI=1S/C16H25NOS/c1-16(2,3)13-8-4-5-9-14(13)17-15(18)11-12-7-6-10-19-12/h6-7,10,13-14H,4-5,8-9,11H2,1-3H3,(H,17,18)/t13-,14-/m1/s1. The smallest absolute Gasteiger partial charge is 0.225 e. The molecule has 106 valence electrons. The Morgan fingerprint density at radius 2 is 2.11 bits per heavy atom. The molecule has 0 aromatic carbocycles. The Balaban J connectivity index is 1.94. The molecule has 1 aromatic rings. The molecule has 2 nitrogen and oxygen atoms in total. The lowest BCUT2D eigenvalue weighted by atomic mass is 9.69. The van der Waals surface area contributed by atoms with E-state index in [4.69, 9.17) is 0 Å². The third-order valence-corrected chi connectivity index (χ3v) is 5.02. The van der Waals surface area contributed by atoms with Crippen molar-refractivity contribution < 1.29 is 4.79 Å². The van der Waals surface area contributed by atoms with Crippen LogP contribution in [0.1, 0.15) is 51.3 Å². The molecule has 1 aliphatic carbocycles. The Morgan fingerprint density at radius 3 is 2.74 bits per heavy atom. The third kappa shape index (κ3) is 4.07. The fourth-order valence-corrected chi connectivity index (χ4v) is 3.87. The van der Waals surface area contributed by atoms with Gasteiger partial charge in [0.2, 0.25) is 5.91 Å². The highest BCUT2D eigenvalue weighted by Crippen LogP contribution is 2.38. The van der Waals surface area contributed by atoms with Gasteiger partial charge >= 0.3 is 0 Å². The van der Waals surface area contributed by atoms with E-state index >= 15 is 0 Å². The predicted molar refractivity (Wildman–Crippen MR) is 81.4 cm³/mol. The minimum atomic E-state index is 0.184. The molecule has 1 fully saturated rings. The summed E-state index contributed by atoms with van der Waals surface area (Å²) in [6.45, 7) is 6.88. The van der Waals surface area contributed by atoms with Gasteiger partial charge in [0, 0.05) is 10.9 Å². The summed E-state index contributed by atoms with van der Waals surface area (Å²) in [7, 11) is 0. The number of rotatable bonds is 3. The van der Waals surface area contributed by atoms with Gasteiger partial charge in [-0.25, -0.2) is 0 Å². The minimum Gasteiger partial charge on any atom is -0.353 e. The summed E-state index contributed by atoms with van der Waals surface area (Å²) in [5.41, 5.74) is 0.279. The summed E-state index contributed by atoms with van der Waals surface area (Å²) in [6.07, 6.45) is 5.46. The molecule has 0 radical (unpaired) electrons. The van der Waals surface area contributed by atoms with Crippen LogP contribution in [-0.2, 0) is 11.2 Å². The second-order valence-electron chi connectivity index (χ2n) is 6.69. The first-order valence-corrected chi connectivity index (χ1v) is 8.16. The quantitative estimate of drug-likeness (QED) is 0.890. The van der Waals surface area contributed by atoms with E-state index in [1.165, 1.54) is 19.3 Å². The number of hydrogen-bond donors (Lipinski definition) is 1. The summed E-state index contributed by atoms with van der Waals surface area (Å²) in [5, 5.41) is 5.31. The Kier molecular flexibility index (Phi) is 4.67. The number of amides is 1. The van der Waals surface area contributed by atoms with E-state index in [9.17, 15) is 4.79 Å². The predicted octanol–water partition coefficient (Wildman–Crippen LogP) is 4.01.